The number of nitrogens with zero attached hydrogens (tertiary/aromatic N) is 1. The Morgan fingerprint density at radius 1 is 1.33 bits per heavy atom. The van der Waals surface area contributed by atoms with Gasteiger partial charge in [0.25, 0.3) is 0 Å². The van der Waals surface area contributed by atoms with Gasteiger partial charge < -0.3 is 9.64 Å². The molecule has 0 aromatic heterocycles. The smallest absolute Gasteiger partial charge is 0.383 e. The normalized spacial score (nSPS) is 18.4. The summed E-state index contributed by atoms with van der Waals surface area (Å²) in [6.45, 7) is 5.64. The third-order valence-corrected chi connectivity index (χ3v) is 6.87. The van der Waals surface area contributed by atoms with Crippen LogP contribution in [0.25, 0.3) is 0 Å². The van der Waals surface area contributed by atoms with Crippen LogP contribution in [0.15, 0.2) is 35.7 Å². The molecule has 1 aliphatic rings. The lowest BCUT2D eigenvalue weighted by Gasteiger charge is -2.32. The molecule has 1 saturated heterocycles. The van der Waals surface area contributed by atoms with Crippen molar-refractivity contribution in [3.63, 3.8) is 0 Å². The van der Waals surface area contributed by atoms with E-state index in [0.29, 0.717) is 32.5 Å². The van der Waals surface area contributed by atoms with Gasteiger partial charge in [-0.25, -0.2) is 12.8 Å². The molecule has 1 atom stereocenters. The van der Waals surface area contributed by atoms with Crippen LogP contribution in [-0.2, 0) is 14.6 Å². The standard InChI is InChI=1S/C18H23F4NO3S/c1-3-16(18(20,21)22)27(24,25)15-6-4-5-14(17(15)19)13-7-9-23(10-8-13)11-12-26-2/h3-6,13,16H,1,7-12H2,2H3. The number of methoxy groups -OCH3 is 1. The molecule has 1 fully saturated rings. The molecule has 27 heavy (non-hydrogen) atoms. The second-order valence-electron chi connectivity index (χ2n) is 6.51. The van der Waals surface area contributed by atoms with E-state index < -0.39 is 32.0 Å². The number of sulfone groups is 1. The maximum Gasteiger partial charge on any atom is 0.409 e. The second kappa shape index (κ2) is 8.70. The van der Waals surface area contributed by atoms with Crippen molar-refractivity contribution >= 4 is 9.84 Å². The summed E-state index contributed by atoms with van der Waals surface area (Å²) in [4.78, 5) is 1.22. The van der Waals surface area contributed by atoms with Gasteiger partial charge >= 0.3 is 6.18 Å². The Morgan fingerprint density at radius 3 is 2.48 bits per heavy atom. The van der Waals surface area contributed by atoms with E-state index in [1.807, 2.05) is 0 Å². The van der Waals surface area contributed by atoms with E-state index in [4.69, 9.17) is 4.74 Å². The molecule has 1 aliphatic heterocycles. The fourth-order valence-corrected chi connectivity index (χ4v) is 4.84. The number of hydrogen-bond acceptors (Lipinski definition) is 4. The number of likely N-dealkylation sites (tertiary alicyclic amines) is 1. The summed E-state index contributed by atoms with van der Waals surface area (Å²) in [6.07, 6.45) is -3.59. The minimum absolute atomic E-state index is 0.146. The van der Waals surface area contributed by atoms with Gasteiger partial charge in [-0.05, 0) is 43.5 Å². The lowest BCUT2D eigenvalue weighted by atomic mass is 9.89. The Balaban J connectivity index is 2.28. The average Bonchev–Trinajstić information content (AvgIpc) is 2.59. The topological polar surface area (TPSA) is 46.6 Å². The molecule has 2 rings (SSSR count). The van der Waals surface area contributed by atoms with Crippen LogP contribution >= 0.6 is 0 Å². The Kier molecular flexibility index (Phi) is 7.04. The summed E-state index contributed by atoms with van der Waals surface area (Å²) in [5.74, 6) is -1.34. The zero-order valence-corrected chi connectivity index (χ0v) is 15.8. The molecule has 1 aromatic rings. The van der Waals surface area contributed by atoms with Gasteiger partial charge in [0.2, 0.25) is 0 Å². The number of piperidine rings is 1. The first kappa shape index (κ1) is 21.8. The molecule has 1 unspecified atom stereocenters. The van der Waals surface area contributed by atoms with Gasteiger partial charge in [-0.3, -0.25) is 0 Å². The molecular formula is C18H23F4NO3S. The fraction of sp³-hybridized carbons (Fsp3) is 0.556. The molecule has 0 spiro atoms. The van der Waals surface area contributed by atoms with Gasteiger partial charge in [0.15, 0.2) is 15.1 Å². The van der Waals surface area contributed by atoms with Crippen LogP contribution in [0.5, 0.6) is 0 Å². The largest absolute Gasteiger partial charge is 0.409 e. The molecule has 1 aromatic carbocycles. The molecule has 0 saturated carbocycles. The fourth-order valence-electron chi connectivity index (χ4n) is 3.32. The molecule has 4 nitrogen and oxygen atoms in total. The highest BCUT2D eigenvalue weighted by Crippen LogP contribution is 2.36. The summed E-state index contributed by atoms with van der Waals surface area (Å²) in [6, 6.07) is 3.61. The lowest BCUT2D eigenvalue weighted by molar-refractivity contribution is -0.121. The first-order chi connectivity index (χ1) is 12.6. The predicted octanol–water partition coefficient (Wildman–Crippen LogP) is 3.54. The highest BCUT2D eigenvalue weighted by Gasteiger charge is 2.48. The van der Waals surface area contributed by atoms with Crippen molar-refractivity contribution < 1.29 is 30.7 Å². The Hall–Kier alpha value is -1.45. The summed E-state index contributed by atoms with van der Waals surface area (Å²) in [7, 11) is -3.37. The Labute approximate surface area is 156 Å². The van der Waals surface area contributed by atoms with Crippen molar-refractivity contribution in [2.24, 2.45) is 0 Å². The van der Waals surface area contributed by atoms with Crippen molar-refractivity contribution in [1.29, 1.82) is 0 Å². The first-order valence-electron chi connectivity index (χ1n) is 8.55. The zero-order valence-electron chi connectivity index (χ0n) is 15.0. The van der Waals surface area contributed by atoms with Crippen LogP contribution in [0.2, 0.25) is 0 Å². The lowest BCUT2D eigenvalue weighted by Crippen LogP contribution is -2.36. The third kappa shape index (κ3) is 4.89. The number of ether oxygens (including phenoxy) is 1. The SMILES string of the molecule is C=CC(C(F)(F)F)S(=O)(=O)c1cccc(C2CCN(CCOC)CC2)c1F. The monoisotopic (exact) mass is 409 g/mol. The molecule has 152 valence electrons. The minimum Gasteiger partial charge on any atom is -0.383 e. The van der Waals surface area contributed by atoms with E-state index in [-0.39, 0.29) is 17.6 Å². The van der Waals surface area contributed by atoms with Crippen LogP contribution in [0.1, 0.15) is 24.3 Å². The van der Waals surface area contributed by atoms with Crippen LogP contribution < -0.4 is 0 Å². The van der Waals surface area contributed by atoms with Gasteiger partial charge in [-0.2, -0.15) is 13.2 Å². The van der Waals surface area contributed by atoms with Crippen molar-refractivity contribution in [1.82, 2.24) is 4.90 Å². The van der Waals surface area contributed by atoms with Gasteiger partial charge in [-0.15, -0.1) is 6.58 Å². The molecule has 9 heteroatoms. The quantitative estimate of drug-likeness (QED) is 0.511. The maximum atomic E-state index is 14.9. The predicted molar refractivity (Wildman–Crippen MR) is 93.9 cm³/mol. The molecule has 0 aliphatic carbocycles. The summed E-state index contributed by atoms with van der Waals surface area (Å²) >= 11 is 0. The van der Waals surface area contributed by atoms with Crippen LogP contribution in [0.4, 0.5) is 17.6 Å². The number of halogens is 4. The molecule has 0 N–H and O–H groups in total. The summed E-state index contributed by atoms with van der Waals surface area (Å²) in [5, 5.41) is -2.84. The van der Waals surface area contributed by atoms with E-state index in [1.54, 1.807) is 7.11 Å². The first-order valence-corrected chi connectivity index (χ1v) is 10.1. The van der Waals surface area contributed by atoms with Gasteiger partial charge in [0, 0.05) is 13.7 Å². The molecule has 0 amide bonds. The minimum atomic E-state index is -5.06. The third-order valence-electron chi connectivity index (χ3n) is 4.81. The van der Waals surface area contributed by atoms with Crippen LogP contribution in [-0.4, -0.2) is 58.1 Å². The average molecular weight is 409 g/mol. The Morgan fingerprint density at radius 2 is 1.96 bits per heavy atom. The summed E-state index contributed by atoms with van der Waals surface area (Å²) < 4.78 is 83.8. The molecular weight excluding hydrogens is 386 g/mol. The van der Waals surface area contributed by atoms with E-state index in [1.165, 1.54) is 12.1 Å². The highest BCUT2D eigenvalue weighted by atomic mass is 32.2. The van der Waals surface area contributed by atoms with Crippen molar-refractivity contribution in [3.8, 4) is 0 Å². The van der Waals surface area contributed by atoms with Crippen molar-refractivity contribution in [2.45, 2.75) is 35.1 Å². The summed E-state index contributed by atoms with van der Waals surface area (Å²) in [5.41, 5.74) is 0.146. The van der Waals surface area contributed by atoms with Gasteiger partial charge in [0.1, 0.15) is 10.7 Å². The maximum absolute atomic E-state index is 14.9. The zero-order chi connectivity index (χ0) is 20.2. The van der Waals surface area contributed by atoms with Crippen LogP contribution in [0, 0.1) is 5.82 Å². The molecule has 0 radical (unpaired) electrons. The van der Waals surface area contributed by atoms with Crippen molar-refractivity contribution in [2.75, 3.05) is 33.4 Å². The Bertz CT molecular complexity index is 756. The number of benzene rings is 1. The van der Waals surface area contributed by atoms with E-state index in [2.05, 4.69) is 11.5 Å². The van der Waals surface area contributed by atoms with Crippen LogP contribution in [0.3, 0.4) is 0 Å². The number of hydrogen-bond donors (Lipinski definition) is 0. The van der Waals surface area contributed by atoms with Crippen molar-refractivity contribution in [3.05, 3.63) is 42.2 Å². The molecule has 1 heterocycles. The number of alkyl halides is 3. The van der Waals surface area contributed by atoms with E-state index in [0.717, 1.165) is 12.6 Å². The highest BCUT2D eigenvalue weighted by molar-refractivity contribution is 7.92. The van der Waals surface area contributed by atoms with E-state index >= 15 is 0 Å². The number of rotatable bonds is 7. The molecule has 0 bridgehead atoms. The van der Waals surface area contributed by atoms with Gasteiger partial charge in [0.05, 0.1) is 6.61 Å². The van der Waals surface area contributed by atoms with E-state index in [9.17, 15) is 26.0 Å². The van der Waals surface area contributed by atoms with Gasteiger partial charge in [-0.1, -0.05) is 18.2 Å². The second-order valence-corrected chi connectivity index (χ2v) is 8.55.